The third kappa shape index (κ3) is 1.72. The van der Waals surface area contributed by atoms with Crippen LogP contribution >= 0.6 is 12.2 Å². The summed E-state index contributed by atoms with van der Waals surface area (Å²) in [6.45, 7) is 0. The van der Waals surface area contributed by atoms with Gasteiger partial charge in [-0.25, -0.2) is 13.1 Å². The number of rotatable bonds is 1. The fraction of sp³-hybridized carbons (Fsp3) is 0. The third-order valence-electron chi connectivity index (χ3n) is 2.01. The number of nitrogens with one attached hydrogen (secondary N) is 2. The number of hydrogen-bond donors (Lipinski definition) is 3. The zero-order chi connectivity index (χ0) is 11.9. The van der Waals surface area contributed by atoms with Gasteiger partial charge in [0.15, 0.2) is 5.11 Å². The van der Waals surface area contributed by atoms with E-state index in [4.69, 9.17) is 5.73 Å². The molecule has 0 atom stereocenters. The van der Waals surface area contributed by atoms with Crippen molar-refractivity contribution in [2.75, 3.05) is 5.32 Å². The second kappa shape index (κ2) is 3.42. The largest absolute Gasteiger partial charge is 0.376 e. The van der Waals surface area contributed by atoms with E-state index in [1.807, 2.05) is 4.72 Å². The van der Waals surface area contributed by atoms with E-state index in [2.05, 4.69) is 17.5 Å². The fourth-order valence-corrected chi connectivity index (χ4v) is 2.70. The van der Waals surface area contributed by atoms with Crippen LogP contribution in [0.4, 0.5) is 5.69 Å². The number of carbonyl (C=O) groups is 1. The van der Waals surface area contributed by atoms with E-state index in [1.54, 1.807) is 0 Å². The minimum atomic E-state index is -3.74. The molecule has 8 heteroatoms. The molecule has 84 valence electrons. The maximum absolute atomic E-state index is 11.5. The van der Waals surface area contributed by atoms with E-state index in [0.29, 0.717) is 5.69 Å². The molecule has 0 aromatic heterocycles. The zero-order valence-electron chi connectivity index (χ0n) is 7.85. The first-order valence-corrected chi connectivity index (χ1v) is 6.07. The summed E-state index contributed by atoms with van der Waals surface area (Å²) in [6, 6.07) is 4.23. The van der Waals surface area contributed by atoms with Crippen LogP contribution in [0.15, 0.2) is 23.1 Å². The Bertz CT molecular complexity index is 595. The lowest BCUT2D eigenvalue weighted by molar-refractivity contribution is 0.0985. The van der Waals surface area contributed by atoms with Crippen LogP contribution in [0.25, 0.3) is 0 Å². The number of sulfonamides is 1. The van der Waals surface area contributed by atoms with Crippen LogP contribution in [0.1, 0.15) is 10.4 Å². The number of amides is 1. The molecule has 0 bridgehead atoms. The van der Waals surface area contributed by atoms with Gasteiger partial charge in [0, 0.05) is 5.69 Å². The van der Waals surface area contributed by atoms with Crippen LogP contribution in [0, 0.1) is 0 Å². The Labute approximate surface area is 96.9 Å². The van der Waals surface area contributed by atoms with Gasteiger partial charge >= 0.3 is 0 Å². The van der Waals surface area contributed by atoms with E-state index in [-0.39, 0.29) is 15.6 Å². The maximum atomic E-state index is 11.5. The van der Waals surface area contributed by atoms with Gasteiger partial charge in [-0.1, -0.05) is 0 Å². The van der Waals surface area contributed by atoms with Crippen LogP contribution in [-0.2, 0) is 10.0 Å². The predicted molar refractivity (Wildman–Crippen MR) is 61.5 cm³/mol. The lowest BCUT2D eigenvalue weighted by atomic mass is 10.2. The molecule has 4 N–H and O–H groups in total. The number of benzene rings is 1. The molecular weight excluding hydrogens is 250 g/mol. The molecule has 1 aromatic rings. The molecule has 1 heterocycles. The van der Waals surface area contributed by atoms with Crippen molar-refractivity contribution in [1.82, 2.24) is 4.72 Å². The molecule has 0 saturated carbocycles. The Kier molecular flexibility index (Phi) is 2.32. The molecule has 0 aliphatic carbocycles. The van der Waals surface area contributed by atoms with Gasteiger partial charge in [0.1, 0.15) is 4.90 Å². The van der Waals surface area contributed by atoms with Crippen LogP contribution < -0.4 is 15.8 Å². The maximum Gasteiger partial charge on any atom is 0.266 e. The van der Waals surface area contributed by atoms with Crippen molar-refractivity contribution in [3.05, 3.63) is 23.8 Å². The number of thiocarbonyl (C=S) groups is 1. The van der Waals surface area contributed by atoms with Crippen molar-refractivity contribution in [3.8, 4) is 0 Å². The zero-order valence-corrected chi connectivity index (χ0v) is 9.48. The number of anilines is 1. The molecule has 0 fully saturated rings. The first-order chi connectivity index (χ1) is 7.40. The lowest BCUT2D eigenvalue weighted by Gasteiger charge is -2.04. The van der Waals surface area contributed by atoms with Gasteiger partial charge in [-0.15, -0.1) is 0 Å². The molecule has 1 aliphatic heterocycles. The summed E-state index contributed by atoms with van der Waals surface area (Å²) in [5.74, 6) is -0.628. The number of fused-ring (bicyclic) bond motifs is 1. The van der Waals surface area contributed by atoms with Crippen molar-refractivity contribution < 1.29 is 13.2 Å². The smallest absolute Gasteiger partial charge is 0.266 e. The lowest BCUT2D eigenvalue weighted by Crippen LogP contribution is -2.20. The molecule has 1 aromatic carbocycles. The van der Waals surface area contributed by atoms with Gasteiger partial charge in [0.05, 0.1) is 5.56 Å². The summed E-state index contributed by atoms with van der Waals surface area (Å²) >= 11 is 4.62. The molecule has 0 unspecified atom stereocenters. The van der Waals surface area contributed by atoms with Crippen LogP contribution in [0.5, 0.6) is 0 Å². The highest BCUT2D eigenvalue weighted by atomic mass is 32.2. The Hall–Kier alpha value is -1.67. The fourth-order valence-electron chi connectivity index (χ4n) is 1.38. The van der Waals surface area contributed by atoms with Crippen LogP contribution in [-0.4, -0.2) is 19.4 Å². The van der Waals surface area contributed by atoms with Crippen molar-refractivity contribution in [2.24, 2.45) is 5.73 Å². The highest BCUT2D eigenvalue weighted by molar-refractivity contribution is 7.90. The van der Waals surface area contributed by atoms with Gasteiger partial charge in [-0.3, -0.25) is 4.79 Å². The number of carbonyl (C=O) groups excluding carboxylic acids is 1. The van der Waals surface area contributed by atoms with Crippen LogP contribution in [0.2, 0.25) is 0 Å². The van der Waals surface area contributed by atoms with Crippen molar-refractivity contribution in [1.29, 1.82) is 0 Å². The van der Waals surface area contributed by atoms with Gasteiger partial charge in [0.2, 0.25) is 0 Å². The Balaban J connectivity index is 2.55. The molecule has 0 radical (unpaired) electrons. The van der Waals surface area contributed by atoms with Crippen molar-refractivity contribution in [2.45, 2.75) is 4.90 Å². The second-order valence-corrected chi connectivity index (χ2v) is 5.23. The summed E-state index contributed by atoms with van der Waals surface area (Å²) in [5.41, 5.74) is 5.79. The highest BCUT2D eigenvalue weighted by Gasteiger charge is 2.32. The van der Waals surface area contributed by atoms with E-state index in [0.717, 1.165) is 0 Å². The average molecular weight is 257 g/mol. The van der Waals surface area contributed by atoms with Gasteiger partial charge < -0.3 is 11.1 Å². The Morgan fingerprint density at radius 2 is 2.12 bits per heavy atom. The number of nitrogens with two attached hydrogens (primary N) is 1. The van der Waals surface area contributed by atoms with E-state index < -0.39 is 15.9 Å². The Morgan fingerprint density at radius 3 is 2.75 bits per heavy atom. The SMILES string of the molecule is NC(=S)Nc1ccc2c(c1)S(=O)(=O)NC2=O. The molecule has 1 amide bonds. The average Bonchev–Trinajstić information content (AvgIpc) is 2.36. The highest BCUT2D eigenvalue weighted by Crippen LogP contribution is 2.25. The van der Waals surface area contributed by atoms with Crippen molar-refractivity contribution >= 4 is 38.9 Å². The van der Waals surface area contributed by atoms with Gasteiger partial charge in [-0.2, -0.15) is 0 Å². The summed E-state index contributed by atoms with van der Waals surface area (Å²) in [5, 5.41) is 2.62. The van der Waals surface area contributed by atoms with E-state index in [9.17, 15) is 13.2 Å². The van der Waals surface area contributed by atoms with Gasteiger partial charge in [-0.05, 0) is 30.4 Å². The standard InChI is InChI=1S/C8H7N3O3S2/c9-8(15)10-4-1-2-5-6(3-4)16(13,14)11-7(5)12/h1-3H,(H,11,12)(H3,9,10,15). The normalized spacial score (nSPS) is 16.4. The summed E-state index contributed by atoms with van der Waals surface area (Å²) in [7, 11) is -3.74. The quantitative estimate of drug-likeness (QED) is 0.601. The Morgan fingerprint density at radius 1 is 1.44 bits per heavy atom. The minimum Gasteiger partial charge on any atom is -0.376 e. The molecule has 0 saturated heterocycles. The monoisotopic (exact) mass is 257 g/mol. The predicted octanol–water partition coefficient (Wildman–Crippen LogP) is -0.226. The third-order valence-corrected chi connectivity index (χ3v) is 3.48. The first-order valence-electron chi connectivity index (χ1n) is 4.18. The van der Waals surface area contributed by atoms with Crippen molar-refractivity contribution in [3.63, 3.8) is 0 Å². The molecule has 1 aliphatic rings. The molecule has 16 heavy (non-hydrogen) atoms. The molecule has 0 spiro atoms. The first kappa shape index (κ1) is 10.8. The molecular formula is C8H7N3O3S2. The van der Waals surface area contributed by atoms with Gasteiger partial charge in [0.25, 0.3) is 15.9 Å². The summed E-state index contributed by atoms with van der Waals surface area (Å²) in [4.78, 5) is 11.2. The number of hydrogen-bond acceptors (Lipinski definition) is 4. The van der Waals surface area contributed by atoms with Crippen LogP contribution in [0.3, 0.4) is 0 Å². The summed E-state index contributed by atoms with van der Waals surface area (Å²) < 4.78 is 24.8. The minimum absolute atomic E-state index is 0.0228. The van der Waals surface area contributed by atoms with E-state index >= 15 is 0 Å². The summed E-state index contributed by atoms with van der Waals surface area (Å²) in [6.07, 6.45) is 0. The second-order valence-electron chi connectivity index (χ2n) is 3.13. The topological polar surface area (TPSA) is 101 Å². The molecule has 2 rings (SSSR count). The molecule has 6 nitrogen and oxygen atoms in total. The van der Waals surface area contributed by atoms with E-state index in [1.165, 1.54) is 18.2 Å².